The van der Waals surface area contributed by atoms with Crippen LogP contribution in [0.4, 0.5) is 0 Å². The third-order valence-electron chi connectivity index (χ3n) is 2.49. The Labute approximate surface area is 101 Å². The van der Waals surface area contributed by atoms with Crippen molar-refractivity contribution < 1.29 is 4.79 Å². The van der Waals surface area contributed by atoms with Crippen molar-refractivity contribution in [3.05, 3.63) is 22.4 Å². The van der Waals surface area contributed by atoms with Gasteiger partial charge in [-0.25, -0.2) is 0 Å². The van der Waals surface area contributed by atoms with E-state index >= 15 is 0 Å². The maximum absolute atomic E-state index is 10.8. The molecular formula is C12H20N2OS. The lowest BCUT2D eigenvalue weighted by Crippen LogP contribution is -2.35. The Morgan fingerprint density at radius 1 is 1.50 bits per heavy atom. The number of amides is 1. The van der Waals surface area contributed by atoms with Crippen molar-refractivity contribution in [1.82, 2.24) is 5.32 Å². The number of carbonyl (C=O) groups excluding carboxylic acids is 1. The smallest absolute Gasteiger partial charge is 0.218 e. The van der Waals surface area contributed by atoms with Crippen LogP contribution in [-0.4, -0.2) is 11.9 Å². The van der Waals surface area contributed by atoms with Gasteiger partial charge in [0, 0.05) is 23.4 Å². The Bertz CT molecular complexity index is 322. The number of hydrogen-bond donors (Lipinski definition) is 2. The van der Waals surface area contributed by atoms with Crippen LogP contribution in [0.5, 0.6) is 0 Å². The van der Waals surface area contributed by atoms with Crippen molar-refractivity contribution in [2.24, 2.45) is 11.7 Å². The molecule has 0 aliphatic carbocycles. The highest BCUT2D eigenvalue weighted by molar-refractivity contribution is 7.10. The molecule has 0 fully saturated rings. The van der Waals surface area contributed by atoms with E-state index in [4.69, 9.17) is 5.73 Å². The highest BCUT2D eigenvalue weighted by Gasteiger charge is 2.19. The standard InChI is InChI=1S/C12H20N2OS/c1-8(2)12(10-5-4-6-16-10)14-9(3)7-11(13)15/h4-6,8-9,12,14H,7H2,1-3H3,(H2,13,15)/t9-,12+/m0/s1. The van der Waals surface area contributed by atoms with Crippen LogP contribution < -0.4 is 11.1 Å². The zero-order valence-electron chi connectivity index (χ0n) is 10.1. The van der Waals surface area contributed by atoms with Crippen molar-refractivity contribution in [3.8, 4) is 0 Å². The monoisotopic (exact) mass is 240 g/mol. The molecule has 16 heavy (non-hydrogen) atoms. The number of primary amides is 1. The Balaban J connectivity index is 2.62. The molecule has 3 nitrogen and oxygen atoms in total. The summed E-state index contributed by atoms with van der Waals surface area (Å²) in [6, 6.07) is 4.59. The predicted octanol–water partition coefficient (Wildman–Crippen LogP) is 2.30. The predicted molar refractivity (Wildman–Crippen MR) is 68.3 cm³/mol. The molecule has 0 saturated carbocycles. The van der Waals surface area contributed by atoms with E-state index in [1.165, 1.54) is 4.88 Å². The molecule has 90 valence electrons. The SMILES string of the molecule is CC(C)[C@@H](N[C@@H](C)CC(N)=O)c1cccs1. The van der Waals surface area contributed by atoms with E-state index in [1.807, 2.05) is 6.92 Å². The molecule has 0 aliphatic heterocycles. The van der Waals surface area contributed by atoms with Crippen molar-refractivity contribution in [2.45, 2.75) is 39.3 Å². The van der Waals surface area contributed by atoms with E-state index in [-0.39, 0.29) is 11.9 Å². The van der Waals surface area contributed by atoms with Crippen LogP contribution in [0, 0.1) is 5.92 Å². The molecule has 0 aromatic carbocycles. The number of thiophene rings is 1. The van der Waals surface area contributed by atoms with Gasteiger partial charge < -0.3 is 11.1 Å². The van der Waals surface area contributed by atoms with Gasteiger partial charge in [0.2, 0.25) is 5.91 Å². The minimum atomic E-state index is -0.256. The summed E-state index contributed by atoms with van der Waals surface area (Å²) >= 11 is 1.74. The number of nitrogens with two attached hydrogens (primary N) is 1. The van der Waals surface area contributed by atoms with Crippen LogP contribution in [0.15, 0.2) is 17.5 Å². The molecule has 2 atom stereocenters. The maximum atomic E-state index is 10.8. The van der Waals surface area contributed by atoms with E-state index in [0.717, 1.165) is 0 Å². The summed E-state index contributed by atoms with van der Waals surface area (Å²) in [7, 11) is 0. The average molecular weight is 240 g/mol. The molecule has 0 aliphatic rings. The summed E-state index contributed by atoms with van der Waals surface area (Å²) < 4.78 is 0. The molecule has 0 saturated heterocycles. The summed E-state index contributed by atoms with van der Waals surface area (Å²) in [5.74, 6) is 0.239. The van der Waals surface area contributed by atoms with Gasteiger partial charge in [-0.1, -0.05) is 19.9 Å². The van der Waals surface area contributed by atoms with Crippen LogP contribution in [0.2, 0.25) is 0 Å². The topological polar surface area (TPSA) is 55.1 Å². The molecule has 1 amide bonds. The number of rotatable bonds is 6. The third kappa shape index (κ3) is 3.94. The summed E-state index contributed by atoms with van der Waals surface area (Å²) in [5, 5.41) is 5.53. The van der Waals surface area contributed by atoms with Crippen molar-refractivity contribution in [1.29, 1.82) is 0 Å². The lowest BCUT2D eigenvalue weighted by atomic mass is 10.0. The van der Waals surface area contributed by atoms with Gasteiger partial charge >= 0.3 is 0 Å². The quantitative estimate of drug-likeness (QED) is 0.801. The van der Waals surface area contributed by atoms with E-state index in [9.17, 15) is 4.79 Å². The van der Waals surface area contributed by atoms with Crippen molar-refractivity contribution in [2.75, 3.05) is 0 Å². The summed E-state index contributed by atoms with van der Waals surface area (Å²) in [4.78, 5) is 12.1. The summed E-state index contributed by atoms with van der Waals surface area (Å²) in [5.41, 5.74) is 5.19. The van der Waals surface area contributed by atoms with Crippen LogP contribution in [0.25, 0.3) is 0 Å². The number of nitrogens with one attached hydrogen (secondary N) is 1. The van der Waals surface area contributed by atoms with Gasteiger partial charge in [-0.2, -0.15) is 0 Å². The number of carbonyl (C=O) groups is 1. The van der Waals surface area contributed by atoms with E-state index in [2.05, 4.69) is 36.7 Å². The largest absolute Gasteiger partial charge is 0.370 e. The van der Waals surface area contributed by atoms with Gasteiger partial charge in [0.25, 0.3) is 0 Å². The zero-order chi connectivity index (χ0) is 12.1. The van der Waals surface area contributed by atoms with Gasteiger partial charge in [0.15, 0.2) is 0 Å². The molecule has 0 spiro atoms. The molecule has 1 aromatic heterocycles. The maximum Gasteiger partial charge on any atom is 0.218 e. The van der Waals surface area contributed by atoms with Gasteiger partial charge in [-0.15, -0.1) is 11.3 Å². The number of hydrogen-bond acceptors (Lipinski definition) is 3. The normalized spacial score (nSPS) is 15.0. The minimum absolute atomic E-state index is 0.118. The van der Waals surface area contributed by atoms with Crippen molar-refractivity contribution in [3.63, 3.8) is 0 Å². The zero-order valence-corrected chi connectivity index (χ0v) is 10.9. The first-order chi connectivity index (χ1) is 7.50. The highest BCUT2D eigenvalue weighted by Crippen LogP contribution is 2.26. The van der Waals surface area contributed by atoms with Crippen LogP contribution in [0.1, 0.15) is 38.1 Å². The Morgan fingerprint density at radius 2 is 2.19 bits per heavy atom. The first-order valence-electron chi connectivity index (χ1n) is 5.58. The Morgan fingerprint density at radius 3 is 2.62 bits per heavy atom. The molecule has 0 radical (unpaired) electrons. The highest BCUT2D eigenvalue weighted by atomic mass is 32.1. The van der Waals surface area contributed by atoms with Gasteiger partial charge in [0.05, 0.1) is 0 Å². The minimum Gasteiger partial charge on any atom is -0.370 e. The molecule has 1 aromatic rings. The second kappa shape index (κ2) is 6.01. The lowest BCUT2D eigenvalue weighted by molar-refractivity contribution is -0.118. The van der Waals surface area contributed by atoms with Crippen LogP contribution in [0.3, 0.4) is 0 Å². The summed E-state index contributed by atoms with van der Waals surface area (Å²) in [6.07, 6.45) is 0.384. The molecule has 1 heterocycles. The lowest BCUT2D eigenvalue weighted by Gasteiger charge is -2.25. The molecule has 0 bridgehead atoms. The fourth-order valence-electron chi connectivity index (χ4n) is 1.74. The van der Waals surface area contributed by atoms with E-state index < -0.39 is 0 Å². The van der Waals surface area contributed by atoms with Crippen LogP contribution >= 0.6 is 11.3 Å². The Hall–Kier alpha value is -0.870. The van der Waals surface area contributed by atoms with Gasteiger partial charge in [0.1, 0.15) is 0 Å². The average Bonchev–Trinajstić information content (AvgIpc) is 2.64. The molecule has 0 unspecified atom stereocenters. The first-order valence-corrected chi connectivity index (χ1v) is 6.46. The fraction of sp³-hybridized carbons (Fsp3) is 0.583. The first kappa shape index (κ1) is 13.2. The fourth-order valence-corrected chi connectivity index (χ4v) is 2.70. The molecular weight excluding hydrogens is 220 g/mol. The van der Waals surface area contributed by atoms with E-state index in [1.54, 1.807) is 11.3 Å². The second-order valence-electron chi connectivity index (χ2n) is 4.48. The molecule has 1 rings (SSSR count). The van der Waals surface area contributed by atoms with Crippen LogP contribution in [-0.2, 0) is 4.79 Å². The molecule has 4 heteroatoms. The van der Waals surface area contributed by atoms with Gasteiger partial charge in [-0.05, 0) is 24.3 Å². The second-order valence-corrected chi connectivity index (χ2v) is 5.45. The molecule has 3 N–H and O–H groups in total. The third-order valence-corrected chi connectivity index (χ3v) is 3.44. The van der Waals surface area contributed by atoms with Crippen molar-refractivity contribution >= 4 is 17.2 Å². The summed E-state index contributed by atoms with van der Waals surface area (Å²) in [6.45, 7) is 6.34. The van der Waals surface area contributed by atoms with E-state index in [0.29, 0.717) is 18.4 Å². The van der Waals surface area contributed by atoms with Gasteiger partial charge in [-0.3, -0.25) is 4.79 Å². The Kier molecular flexibility index (Phi) is 4.96.